The second-order valence-electron chi connectivity index (χ2n) is 6.77. The van der Waals surface area contributed by atoms with Gasteiger partial charge in [-0.3, -0.25) is 4.79 Å². The molecule has 25 heavy (non-hydrogen) atoms. The number of aromatic nitrogens is 2. The maximum absolute atomic E-state index is 11.9. The van der Waals surface area contributed by atoms with Crippen LogP contribution in [0.3, 0.4) is 0 Å². The van der Waals surface area contributed by atoms with Crippen LogP contribution in [0.2, 0.25) is 0 Å². The number of benzene rings is 1. The van der Waals surface area contributed by atoms with Gasteiger partial charge < -0.3 is 15.5 Å². The molecule has 0 aliphatic carbocycles. The van der Waals surface area contributed by atoms with Crippen LogP contribution in [0.25, 0.3) is 0 Å². The maximum Gasteiger partial charge on any atom is 0.271 e. The fraction of sp³-hybridized carbons (Fsp3) is 0.421. The first kappa shape index (κ1) is 17.2. The van der Waals surface area contributed by atoms with Crippen LogP contribution < -0.4 is 15.5 Å². The highest BCUT2D eigenvalue weighted by Gasteiger charge is 2.12. The van der Waals surface area contributed by atoms with Gasteiger partial charge in [0.2, 0.25) is 0 Å². The highest BCUT2D eigenvalue weighted by atomic mass is 16.1. The van der Waals surface area contributed by atoms with E-state index in [4.69, 9.17) is 0 Å². The van der Waals surface area contributed by atoms with Gasteiger partial charge in [0.25, 0.3) is 5.91 Å². The molecule has 1 aliphatic rings. The van der Waals surface area contributed by atoms with Crippen molar-refractivity contribution in [2.45, 2.75) is 26.7 Å². The van der Waals surface area contributed by atoms with E-state index >= 15 is 0 Å². The van der Waals surface area contributed by atoms with E-state index in [0.29, 0.717) is 24.0 Å². The second-order valence-corrected chi connectivity index (χ2v) is 6.77. The molecular formula is C19H25N5O. The number of hydrogen-bond donors (Lipinski definition) is 2. The Labute approximate surface area is 148 Å². The molecule has 6 heteroatoms. The van der Waals surface area contributed by atoms with Crippen molar-refractivity contribution >= 4 is 23.1 Å². The van der Waals surface area contributed by atoms with Crippen molar-refractivity contribution in [2.24, 2.45) is 5.92 Å². The van der Waals surface area contributed by atoms with Gasteiger partial charge in [-0.25, -0.2) is 0 Å². The van der Waals surface area contributed by atoms with E-state index in [0.717, 1.165) is 18.8 Å². The van der Waals surface area contributed by atoms with Crippen molar-refractivity contribution in [2.75, 3.05) is 29.9 Å². The Morgan fingerprint density at radius 3 is 2.40 bits per heavy atom. The van der Waals surface area contributed by atoms with Crippen molar-refractivity contribution in [1.82, 2.24) is 15.5 Å². The summed E-state index contributed by atoms with van der Waals surface area (Å²) in [6, 6.07) is 11.8. The molecular weight excluding hydrogens is 314 g/mol. The fourth-order valence-corrected chi connectivity index (χ4v) is 2.79. The van der Waals surface area contributed by atoms with E-state index in [9.17, 15) is 4.79 Å². The first-order chi connectivity index (χ1) is 12.1. The average Bonchev–Trinajstić information content (AvgIpc) is 3.15. The Morgan fingerprint density at radius 2 is 1.80 bits per heavy atom. The van der Waals surface area contributed by atoms with E-state index in [1.807, 2.05) is 26.0 Å². The van der Waals surface area contributed by atoms with Gasteiger partial charge in [0.1, 0.15) is 0 Å². The lowest BCUT2D eigenvalue weighted by atomic mass is 10.2. The molecule has 0 atom stereocenters. The number of carbonyl (C=O) groups is 1. The molecule has 2 heterocycles. The highest BCUT2D eigenvalue weighted by molar-refractivity contribution is 5.92. The lowest BCUT2D eigenvalue weighted by molar-refractivity contribution is 0.0943. The minimum absolute atomic E-state index is 0.192. The molecule has 1 amide bonds. The predicted octanol–water partition coefficient (Wildman–Crippen LogP) is 3.21. The predicted molar refractivity (Wildman–Crippen MR) is 100 cm³/mol. The first-order valence-corrected chi connectivity index (χ1v) is 8.86. The molecule has 0 spiro atoms. The Morgan fingerprint density at radius 1 is 1.08 bits per heavy atom. The zero-order chi connectivity index (χ0) is 17.6. The summed E-state index contributed by atoms with van der Waals surface area (Å²) in [7, 11) is 0. The number of nitrogens with zero attached hydrogens (tertiary/aromatic N) is 3. The molecule has 132 valence electrons. The summed E-state index contributed by atoms with van der Waals surface area (Å²) in [6.07, 6.45) is 2.54. The van der Waals surface area contributed by atoms with E-state index in [1.165, 1.54) is 18.5 Å². The zero-order valence-corrected chi connectivity index (χ0v) is 14.8. The van der Waals surface area contributed by atoms with Crippen molar-refractivity contribution in [1.29, 1.82) is 0 Å². The highest BCUT2D eigenvalue weighted by Crippen LogP contribution is 2.23. The summed E-state index contributed by atoms with van der Waals surface area (Å²) in [5.74, 6) is 0.832. The monoisotopic (exact) mass is 339 g/mol. The van der Waals surface area contributed by atoms with Crippen LogP contribution in [-0.2, 0) is 0 Å². The molecule has 0 radical (unpaired) electrons. The zero-order valence-electron chi connectivity index (χ0n) is 14.8. The third kappa shape index (κ3) is 4.68. The summed E-state index contributed by atoms with van der Waals surface area (Å²) in [5, 5.41) is 14.1. The molecule has 0 saturated carbocycles. The fourth-order valence-electron chi connectivity index (χ4n) is 2.79. The number of rotatable bonds is 6. The van der Waals surface area contributed by atoms with Crippen LogP contribution >= 0.6 is 0 Å². The second kappa shape index (κ2) is 7.96. The maximum atomic E-state index is 11.9. The van der Waals surface area contributed by atoms with Gasteiger partial charge in [-0.2, -0.15) is 0 Å². The van der Waals surface area contributed by atoms with Crippen LogP contribution in [0.4, 0.5) is 17.2 Å². The van der Waals surface area contributed by atoms with Gasteiger partial charge in [0, 0.05) is 31.0 Å². The van der Waals surface area contributed by atoms with E-state index in [2.05, 4.69) is 37.9 Å². The molecule has 3 rings (SSSR count). The van der Waals surface area contributed by atoms with Gasteiger partial charge in [0.05, 0.1) is 0 Å². The Balaban J connectivity index is 1.58. The van der Waals surface area contributed by atoms with Crippen molar-refractivity contribution in [3.8, 4) is 0 Å². The summed E-state index contributed by atoms with van der Waals surface area (Å²) in [5.41, 5.74) is 2.54. The number of anilines is 3. The third-order valence-corrected chi connectivity index (χ3v) is 4.18. The lowest BCUT2D eigenvalue weighted by Crippen LogP contribution is -2.28. The number of hydrogen-bond acceptors (Lipinski definition) is 5. The average molecular weight is 339 g/mol. The van der Waals surface area contributed by atoms with Crippen molar-refractivity contribution in [3.05, 3.63) is 42.1 Å². The topological polar surface area (TPSA) is 70.2 Å². The van der Waals surface area contributed by atoms with Crippen LogP contribution in [-0.4, -0.2) is 35.7 Å². The lowest BCUT2D eigenvalue weighted by Gasteiger charge is -2.17. The van der Waals surface area contributed by atoms with Gasteiger partial charge in [-0.1, -0.05) is 13.8 Å². The van der Waals surface area contributed by atoms with Crippen LogP contribution in [0.5, 0.6) is 0 Å². The summed E-state index contributed by atoms with van der Waals surface area (Å²) in [6.45, 7) is 7.00. The molecule has 0 bridgehead atoms. The smallest absolute Gasteiger partial charge is 0.271 e. The van der Waals surface area contributed by atoms with E-state index in [1.54, 1.807) is 12.1 Å². The van der Waals surface area contributed by atoms with Crippen LogP contribution in [0.1, 0.15) is 37.2 Å². The van der Waals surface area contributed by atoms with E-state index in [-0.39, 0.29) is 5.91 Å². The summed E-state index contributed by atoms with van der Waals surface area (Å²) < 4.78 is 0. The molecule has 2 N–H and O–H groups in total. The third-order valence-electron chi connectivity index (χ3n) is 4.18. The SMILES string of the molecule is CC(C)CNC(=O)c1ccc(Nc2ccc(N3CCCC3)cc2)nn1. The molecule has 1 aromatic heterocycles. The Hall–Kier alpha value is -2.63. The number of carbonyl (C=O) groups excluding carboxylic acids is 1. The normalized spacial score (nSPS) is 14.0. The molecule has 1 aliphatic heterocycles. The standard InChI is InChI=1S/C19H25N5O/c1-14(2)13-20-19(25)17-9-10-18(23-22-17)21-15-5-7-16(8-6-15)24-11-3-4-12-24/h5-10,14H,3-4,11-13H2,1-2H3,(H,20,25)(H,21,23). The minimum Gasteiger partial charge on any atom is -0.372 e. The van der Waals surface area contributed by atoms with Crippen LogP contribution in [0.15, 0.2) is 36.4 Å². The molecule has 0 unspecified atom stereocenters. The molecule has 6 nitrogen and oxygen atoms in total. The van der Waals surface area contributed by atoms with Gasteiger partial charge in [-0.05, 0) is 55.2 Å². The first-order valence-electron chi connectivity index (χ1n) is 8.86. The van der Waals surface area contributed by atoms with Gasteiger partial charge in [0.15, 0.2) is 11.5 Å². The summed E-state index contributed by atoms with van der Waals surface area (Å²) in [4.78, 5) is 14.3. The largest absolute Gasteiger partial charge is 0.372 e. The molecule has 2 aromatic rings. The number of amides is 1. The Bertz CT molecular complexity index is 691. The van der Waals surface area contributed by atoms with Gasteiger partial charge in [-0.15, -0.1) is 10.2 Å². The molecule has 1 fully saturated rings. The van der Waals surface area contributed by atoms with E-state index < -0.39 is 0 Å². The Kier molecular flexibility index (Phi) is 5.48. The molecule has 1 aromatic carbocycles. The van der Waals surface area contributed by atoms with Crippen LogP contribution in [0, 0.1) is 5.92 Å². The number of nitrogens with one attached hydrogen (secondary N) is 2. The van der Waals surface area contributed by atoms with Gasteiger partial charge >= 0.3 is 0 Å². The molecule has 1 saturated heterocycles. The quantitative estimate of drug-likeness (QED) is 0.846. The summed E-state index contributed by atoms with van der Waals surface area (Å²) >= 11 is 0. The van der Waals surface area contributed by atoms with Crippen molar-refractivity contribution < 1.29 is 4.79 Å². The minimum atomic E-state index is -0.192. The van der Waals surface area contributed by atoms with Crippen molar-refractivity contribution in [3.63, 3.8) is 0 Å².